The molecule has 8 heteroatoms. The Balaban J connectivity index is 3.37. The average molecular weight is 355 g/mol. The van der Waals surface area contributed by atoms with E-state index in [-0.39, 0.29) is 18.8 Å². The molecule has 0 unspecified atom stereocenters. The van der Waals surface area contributed by atoms with Gasteiger partial charge in [0.1, 0.15) is 10.7 Å². The second-order valence-electron chi connectivity index (χ2n) is 4.24. The monoisotopic (exact) mass is 354 g/mol. The van der Waals surface area contributed by atoms with Gasteiger partial charge in [-0.05, 0) is 41.9 Å². The molecule has 0 aliphatic heterocycles. The minimum atomic E-state index is -4.03. The zero-order valence-corrected chi connectivity index (χ0v) is 13.0. The summed E-state index contributed by atoms with van der Waals surface area (Å²) in [5.74, 6) is -0.885. The van der Waals surface area contributed by atoms with Gasteiger partial charge in [-0.2, -0.15) is 4.31 Å². The van der Waals surface area contributed by atoms with Gasteiger partial charge in [0, 0.05) is 22.7 Å². The summed E-state index contributed by atoms with van der Waals surface area (Å²) in [6, 6.07) is 1.68. The van der Waals surface area contributed by atoms with E-state index in [1.165, 1.54) is 0 Å². The number of anilines is 1. The van der Waals surface area contributed by atoms with E-state index in [1.807, 2.05) is 0 Å². The fourth-order valence-corrected chi connectivity index (χ4v) is 3.65. The number of sulfonamides is 1. The molecule has 0 aliphatic rings. The van der Waals surface area contributed by atoms with Crippen LogP contribution in [0.1, 0.15) is 13.8 Å². The van der Waals surface area contributed by atoms with E-state index < -0.39 is 26.8 Å². The summed E-state index contributed by atoms with van der Waals surface area (Å²) >= 11 is 3.03. The molecular weight excluding hydrogens is 339 g/mol. The predicted octanol–water partition coefficient (Wildman–Crippen LogP) is 1.56. The quantitative estimate of drug-likeness (QED) is 0.786. The normalized spacial score (nSPS) is 12.4. The Hall–Kier alpha value is -0.700. The maximum absolute atomic E-state index is 13.8. The van der Waals surface area contributed by atoms with E-state index in [0.717, 1.165) is 16.4 Å². The van der Waals surface area contributed by atoms with Crippen LogP contribution >= 0.6 is 15.9 Å². The molecule has 5 nitrogen and oxygen atoms in total. The molecule has 0 fully saturated rings. The molecule has 0 saturated carbocycles. The Morgan fingerprint density at radius 3 is 2.53 bits per heavy atom. The van der Waals surface area contributed by atoms with Crippen molar-refractivity contribution in [1.29, 1.82) is 0 Å². The Morgan fingerprint density at radius 2 is 2.05 bits per heavy atom. The summed E-state index contributed by atoms with van der Waals surface area (Å²) in [4.78, 5) is -0.490. The third kappa shape index (κ3) is 3.44. The molecule has 0 saturated heterocycles. The third-order valence-corrected chi connectivity index (χ3v) is 5.31. The molecule has 3 N–H and O–H groups in total. The van der Waals surface area contributed by atoms with Crippen LogP contribution in [0.4, 0.5) is 10.1 Å². The Bertz CT molecular complexity index is 563. The first kappa shape index (κ1) is 16.4. The first-order valence-electron chi connectivity index (χ1n) is 5.59. The lowest BCUT2D eigenvalue weighted by Crippen LogP contribution is -2.39. The highest BCUT2D eigenvalue weighted by atomic mass is 79.9. The van der Waals surface area contributed by atoms with E-state index in [0.29, 0.717) is 4.47 Å². The lowest BCUT2D eigenvalue weighted by molar-refractivity contribution is 0.236. The van der Waals surface area contributed by atoms with Crippen molar-refractivity contribution in [1.82, 2.24) is 4.31 Å². The molecule has 0 radical (unpaired) electrons. The van der Waals surface area contributed by atoms with Crippen molar-refractivity contribution in [2.45, 2.75) is 24.8 Å². The molecule has 0 bridgehead atoms. The number of aliphatic hydroxyl groups excluding tert-OH is 1. The van der Waals surface area contributed by atoms with Crippen LogP contribution in [0.15, 0.2) is 21.5 Å². The average Bonchev–Trinajstić information content (AvgIpc) is 2.29. The number of aliphatic hydroxyl groups is 1. The van der Waals surface area contributed by atoms with E-state index in [4.69, 9.17) is 10.8 Å². The number of nitrogens with zero attached hydrogens (tertiary/aromatic N) is 1. The smallest absolute Gasteiger partial charge is 0.246 e. The maximum Gasteiger partial charge on any atom is 0.246 e. The lowest BCUT2D eigenvalue weighted by Gasteiger charge is -2.25. The van der Waals surface area contributed by atoms with Crippen molar-refractivity contribution < 1.29 is 17.9 Å². The first-order valence-corrected chi connectivity index (χ1v) is 7.82. The molecule has 1 aromatic carbocycles. The Labute approximate surface area is 120 Å². The van der Waals surface area contributed by atoms with Crippen molar-refractivity contribution in [2.75, 3.05) is 18.9 Å². The van der Waals surface area contributed by atoms with Crippen LogP contribution in [0, 0.1) is 5.82 Å². The SMILES string of the molecule is CC(C)N(CCO)S(=O)(=O)c1cc(N)c(Br)cc1F. The predicted molar refractivity (Wildman–Crippen MR) is 74.6 cm³/mol. The van der Waals surface area contributed by atoms with Crippen molar-refractivity contribution >= 4 is 31.6 Å². The van der Waals surface area contributed by atoms with E-state index in [1.54, 1.807) is 13.8 Å². The zero-order valence-electron chi connectivity index (χ0n) is 10.6. The van der Waals surface area contributed by atoms with Crippen LogP contribution in [-0.2, 0) is 10.0 Å². The number of halogens is 2. The molecule has 1 rings (SSSR count). The standard InChI is InChI=1S/C11H16BrFN2O3S/c1-7(2)15(3-4-16)19(17,18)11-6-10(14)8(12)5-9(11)13/h5-7,16H,3-4,14H2,1-2H3. The van der Waals surface area contributed by atoms with Crippen LogP contribution in [0.2, 0.25) is 0 Å². The zero-order chi connectivity index (χ0) is 14.8. The highest BCUT2D eigenvalue weighted by molar-refractivity contribution is 9.10. The van der Waals surface area contributed by atoms with Crippen LogP contribution in [-0.4, -0.2) is 37.0 Å². The van der Waals surface area contributed by atoms with Gasteiger partial charge in [-0.1, -0.05) is 0 Å². The Morgan fingerprint density at radius 1 is 1.47 bits per heavy atom. The van der Waals surface area contributed by atoms with Gasteiger partial charge < -0.3 is 10.8 Å². The highest BCUT2D eigenvalue weighted by Crippen LogP contribution is 2.28. The van der Waals surface area contributed by atoms with E-state index >= 15 is 0 Å². The minimum Gasteiger partial charge on any atom is -0.398 e. The van der Waals surface area contributed by atoms with Crippen LogP contribution in [0.25, 0.3) is 0 Å². The summed E-state index contributed by atoms with van der Waals surface area (Å²) in [5.41, 5.74) is 5.72. The second kappa shape index (κ2) is 6.17. The Kier molecular flexibility index (Phi) is 5.31. The van der Waals surface area contributed by atoms with Crippen LogP contribution in [0.5, 0.6) is 0 Å². The van der Waals surface area contributed by atoms with E-state index in [9.17, 15) is 12.8 Å². The van der Waals surface area contributed by atoms with Gasteiger partial charge in [-0.15, -0.1) is 0 Å². The fraction of sp³-hybridized carbons (Fsp3) is 0.455. The third-order valence-electron chi connectivity index (χ3n) is 2.53. The van der Waals surface area contributed by atoms with Gasteiger partial charge >= 0.3 is 0 Å². The molecule has 0 atom stereocenters. The van der Waals surface area contributed by atoms with Crippen molar-refractivity contribution in [3.63, 3.8) is 0 Å². The topological polar surface area (TPSA) is 83.6 Å². The molecular formula is C11H16BrFN2O3S. The molecule has 19 heavy (non-hydrogen) atoms. The number of nitrogens with two attached hydrogens (primary N) is 1. The largest absolute Gasteiger partial charge is 0.398 e. The van der Waals surface area contributed by atoms with Crippen molar-refractivity contribution in [3.8, 4) is 0 Å². The van der Waals surface area contributed by atoms with Gasteiger partial charge in [-0.25, -0.2) is 12.8 Å². The molecule has 1 aromatic rings. The molecule has 0 heterocycles. The van der Waals surface area contributed by atoms with Gasteiger partial charge in [0.25, 0.3) is 0 Å². The second-order valence-corrected chi connectivity index (χ2v) is 6.95. The number of benzene rings is 1. The molecule has 0 spiro atoms. The molecule has 0 aliphatic carbocycles. The van der Waals surface area contributed by atoms with Gasteiger partial charge in [0.15, 0.2) is 0 Å². The van der Waals surface area contributed by atoms with Crippen molar-refractivity contribution in [2.24, 2.45) is 0 Å². The maximum atomic E-state index is 13.8. The summed E-state index contributed by atoms with van der Waals surface area (Å²) in [5, 5.41) is 8.93. The van der Waals surface area contributed by atoms with Gasteiger partial charge in [0.2, 0.25) is 10.0 Å². The molecule has 0 aromatic heterocycles. The highest BCUT2D eigenvalue weighted by Gasteiger charge is 2.29. The number of nitrogen functional groups attached to an aromatic ring is 1. The van der Waals surface area contributed by atoms with Gasteiger partial charge in [-0.3, -0.25) is 0 Å². The van der Waals surface area contributed by atoms with Crippen LogP contribution in [0.3, 0.4) is 0 Å². The summed E-state index contributed by atoms with van der Waals surface area (Å²) < 4.78 is 39.9. The fourth-order valence-electron chi connectivity index (χ4n) is 1.62. The number of rotatable bonds is 5. The van der Waals surface area contributed by atoms with Gasteiger partial charge in [0.05, 0.1) is 6.61 Å². The summed E-state index contributed by atoms with van der Waals surface area (Å²) in [7, 11) is -4.03. The van der Waals surface area contributed by atoms with Crippen LogP contribution < -0.4 is 5.73 Å². The molecule has 108 valence electrons. The lowest BCUT2D eigenvalue weighted by atomic mass is 10.3. The molecule has 0 amide bonds. The number of hydrogen-bond donors (Lipinski definition) is 2. The number of hydrogen-bond acceptors (Lipinski definition) is 4. The summed E-state index contributed by atoms with van der Waals surface area (Å²) in [6.45, 7) is 2.85. The van der Waals surface area contributed by atoms with Crippen molar-refractivity contribution in [3.05, 3.63) is 22.4 Å². The first-order chi connectivity index (χ1) is 8.71. The minimum absolute atomic E-state index is 0.102. The van der Waals surface area contributed by atoms with E-state index in [2.05, 4.69) is 15.9 Å². The summed E-state index contributed by atoms with van der Waals surface area (Å²) in [6.07, 6.45) is 0.